The zero-order valence-corrected chi connectivity index (χ0v) is 11.4. The van der Waals surface area contributed by atoms with E-state index in [1.807, 2.05) is 19.1 Å². The second kappa shape index (κ2) is 6.21. The Bertz CT molecular complexity index is 606. The Hall–Kier alpha value is -2.33. The molecule has 0 bridgehead atoms. The van der Waals surface area contributed by atoms with E-state index in [2.05, 4.69) is 6.07 Å². The normalized spacial score (nSPS) is 10.3. The molecule has 0 spiro atoms. The van der Waals surface area contributed by atoms with Gasteiger partial charge in [0.2, 0.25) is 5.91 Å². The van der Waals surface area contributed by atoms with Crippen LogP contribution in [0.5, 0.6) is 5.75 Å². The molecule has 1 amide bonds. The quantitative estimate of drug-likeness (QED) is 0.873. The Morgan fingerprint density at radius 2 is 1.85 bits per heavy atom. The first-order valence-corrected chi connectivity index (χ1v) is 6.41. The summed E-state index contributed by atoms with van der Waals surface area (Å²) < 4.78 is 5.70. The Morgan fingerprint density at radius 1 is 1.15 bits per heavy atom. The fraction of sp³-hybridized carbons (Fsp3) is 0.188. The van der Waals surface area contributed by atoms with Crippen LogP contribution in [0.15, 0.2) is 42.5 Å². The van der Waals surface area contributed by atoms with Crippen molar-refractivity contribution in [3.8, 4) is 5.75 Å². The van der Waals surface area contributed by atoms with Crippen molar-refractivity contribution in [3.05, 3.63) is 64.7 Å². The number of primary amides is 1. The standard InChI is InChI=1S/C16H18N2O2/c1-11-8-12(9-17)2-3-14(11)10-20-15-6-4-13(5-7-15)16(18)19/h2-8H,9-10,17H2,1H3,(H2,18,19). The van der Waals surface area contributed by atoms with Crippen LogP contribution in [-0.4, -0.2) is 5.91 Å². The third kappa shape index (κ3) is 3.36. The smallest absolute Gasteiger partial charge is 0.248 e. The van der Waals surface area contributed by atoms with Crippen molar-refractivity contribution in [2.45, 2.75) is 20.1 Å². The summed E-state index contributed by atoms with van der Waals surface area (Å²) in [4.78, 5) is 11.0. The molecule has 0 aromatic heterocycles. The molecule has 2 rings (SSSR count). The van der Waals surface area contributed by atoms with Crippen LogP contribution >= 0.6 is 0 Å². The SMILES string of the molecule is Cc1cc(CN)ccc1COc1ccc(C(N)=O)cc1. The van der Waals surface area contributed by atoms with E-state index in [1.165, 1.54) is 0 Å². The molecule has 0 aliphatic heterocycles. The molecule has 0 unspecified atom stereocenters. The lowest BCUT2D eigenvalue weighted by molar-refractivity contribution is 0.100. The molecule has 0 heterocycles. The van der Waals surface area contributed by atoms with Gasteiger partial charge in [0, 0.05) is 12.1 Å². The molecule has 4 heteroatoms. The van der Waals surface area contributed by atoms with Gasteiger partial charge in [-0.05, 0) is 47.9 Å². The van der Waals surface area contributed by atoms with Gasteiger partial charge in [-0.3, -0.25) is 4.79 Å². The van der Waals surface area contributed by atoms with Crippen LogP contribution in [0.4, 0.5) is 0 Å². The highest BCUT2D eigenvalue weighted by molar-refractivity contribution is 5.92. The largest absolute Gasteiger partial charge is 0.489 e. The minimum Gasteiger partial charge on any atom is -0.489 e. The molecule has 2 aromatic rings. The minimum atomic E-state index is -0.440. The number of carbonyl (C=O) groups excluding carboxylic acids is 1. The van der Waals surface area contributed by atoms with Crippen LogP contribution in [0.1, 0.15) is 27.0 Å². The molecule has 0 aliphatic carbocycles. The van der Waals surface area contributed by atoms with Gasteiger partial charge in [-0.15, -0.1) is 0 Å². The predicted octanol–water partition coefficient (Wildman–Crippen LogP) is 2.13. The summed E-state index contributed by atoms with van der Waals surface area (Å²) in [5.41, 5.74) is 14.6. The molecule has 0 radical (unpaired) electrons. The molecule has 4 nitrogen and oxygen atoms in total. The molecule has 2 aromatic carbocycles. The topological polar surface area (TPSA) is 78.3 Å². The molecule has 0 saturated carbocycles. The second-order valence-corrected chi connectivity index (χ2v) is 4.64. The van der Waals surface area contributed by atoms with Crippen molar-refractivity contribution in [2.24, 2.45) is 11.5 Å². The predicted molar refractivity (Wildman–Crippen MR) is 78.4 cm³/mol. The van der Waals surface area contributed by atoms with E-state index in [-0.39, 0.29) is 0 Å². The van der Waals surface area contributed by atoms with Gasteiger partial charge >= 0.3 is 0 Å². The molecule has 104 valence electrons. The Kier molecular flexibility index (Phi) is 4.38. The van der Waals surface area contributed by atoms with E-state index < -0.39 is 5.91 Å². The van der Waals surface area contributed by atoms with Gasteiger partial charge in [-0.25, -0.2) is 0 Å². The van der Waals surface area contributed by atoms with Crippen molar-refractivity contribution >= 4 is 5.91 Å². The van der Waals surface area contributed by atoms with E-state index in [4.69, 9.17) is 16.2 Å². The Balaban J connectivity index is 2.03. The lowest BCUT2D eigenvalue weighted by Gasteiger charge is -2.10. The molecule has 0 saturated heterocycles. The summed E-state index contributed by atoms with van der Waals surface area (Å²) in [5.74, 6) is 0.266. The van der Waals surface area contributed by atoms with E-state index in [0.717, 1.165) is 16.7 Å². The van der Waals surface area contributed by atoms with Gasteiger partial charge in [-0.1, -0.05) is 18.2 Å². The molecule has 0 aliphatic rings. The zero-order chi connectivity index (χ0) is 14.5. The molecular formula is C16H18N2O2. The van der Waals surface area contributed by atoms with Gasteiger partial charge in [0.25, 0.3) is 0 Å². The number of hydrogen-bond donors (Lipinski definition) is 2. The number of aryl methyl sites for hydroxylation is 1. The number of carbonyl (C=O) groups is 1. The first kappa shape index (κ1) is 14.1. The van der Waals surface area contributed by atoms with Crippen LogP contribution < -0.4 is 16.2 Å². The summed E-state index contributed by atoms with van der Waals surface area (Å²) in [6, 6.07) is 12.9. The van der Waals surface area contributed by atoms with E-state index in [0.29, 0.717) is 24.5 Å². The highest BCUT2D eigenvalue weighted by Crippen LogP contribution is 2.16. The fourth-order valence-electron chi connectivity index (χ4n) is 1.92. The van der Waals surface area contributed by atoms with Crippen LogP contribution in [0.2, 0.25) is 0 Å². The highest BCUT2D eigenvalue weighted by Gasteiger charge is 2.03. The van der Waals surface area contributed by atoms with E-state index in [9.17, 15) is 4.79 Å². The number of hydrogen-bond acceptors (Lipinski definition) is 3. The third-order valence-corrected chi connectivity index (χ3v) is 3.18. The average Bonchev–Trinajstić information content (AvgIpc) is 2.46. The van der Waals surface area contributed by atoms with Crippen LogP contribution in [-0.2, 0) is 13.2 Å². The molecular weight excluding hydrogens is 252 g/mol. The van der Waals surface area contributed by atoms with Crippen molar-refractivity contribution in [2.75, 3.05) is 0 Å². The second-order valence-electron chi connectivity index (χ2n) is 4.64. The number of rotatable bonds is 5. The zero-order valence-electron chi connectivity index (χ0n) is 11.4. The van der Waals surface area contributed by atoms with Crippen molar-refractivity contribution < 1.29 is 9.53 Å². The summed E-state index contributed by atoms with van der Waals surface area (Å²) in [6.07, 6.45) is 0. The summed E-state index contributed by atoms with van der Waals surface area (Å²) >= 11 is 0. The van der Waals surface area contributed by atoms with Crippen LogP contribution in [0, 0.1) is 6.92 Å². The summed E-state index contributed by atoms with van der Waals surface area (Å²) in [5, 5.41) is 0. The lowest BCUT2D eigenvalue weighted by atomic mass is 10.1. The maximum atomic E-state index is 11.0. The van der Waals surface area contributed by atoms with Gasteiger partial charge in [0.05, 0.1) is 0 Å². The van der Waals surface area contributed by atoms with Crippen LogP contribution in [0.3, 0.4) is 0 Å². The fourth-order valence-corrected chi connectivity index (χ4v) is 1.92. The highest BCUT2D eigenvalue weighted by atomic mass is 16.5. The first-order valence-electron chi connectivity index (χ1n) is 6.41. The number of nitrogens with two attached hydrogens (primary N) is 2. The van der Waals surface area contributed by atoms with Gasteiger partial charge in [0.15, 0.2) is 0 Å². The lowest BCUT2D eigenvalue weighted by Crippen LogP contribution is -2.10. The minimum absolute atomic E-state index is 0.440. The van der Waals surface area contributed by atoms with Gasteiger partial charge < -0.3 is 16.2 Å². The van der Waals surface area contributed by atoms with Crippen molar-refractivity contribution in [3.63, 3.8) is 0 Å². The summed E-state index contributed by atoms with van der Waals surface area (Å²) in [7, 11) is 0. The average molecular weight is 270 g/mol. The number of ether oxygens (including phenoxy) is 1. The molecule has 20 heavy (non-hydrogen) atoms. The first-order chi connectivity index (χ1) is 9.60. The third-order valence-electron chi connectivity index (χ3n) is 3.18. The van der Waals surface area contributed by atoms with Crippen molar-refractivity contribution in [1.29, 1.82) is 0 Å². The van der Waals surface area contributed by atoms with Gasteiger partial charge in [-0.2, -0.15) is 0 Å². The number of benzene rings is 2. The Morgan fingerprint density at radius 3 is 2.40 bits per heavy atom. The maximum Gasteiger partial charge on any atom is 0.248 e. The molecule has 0 atom stereocenters. The maximum absolute atomic E-state index is 11.0. The van der Waals surface area contributed by atoms with E-state index in [1.54, 1.807) is 24.3 Å². The van der Waals surface area contributed by atoms with Crippen LogP contribution in [0.25, 0.3) is 0 Å². The molecule has 4 N–H and O–H groups in total. The summed E-state index contributed by atoms with van der Waals surface area (Å²) in [6.45, 7) is 3.05. The van der Waals surface area contributed by atoms with E-state index >= 15 is 0 Å². The monoisotopic (exact) mass is 270 g/mol. The molecule has 0 fully saturated rings. The van der Waals surface area contributed by atoms with Gasteiger partial charge in [0.1, 0.15) is 12.4 Å². The van der Waals surface area contributed by atoms with Crippen molar-refractivity contribution in [1.82, 2.24) is 0 Å². The Labute approximate surface area is 118 Å². The number of amides is 1.